The quantitative estimate of drug-likeness (QED) is 0.251. The van der Waals surface area contributed by atoms with Crippen molar-refractivity contribution in [2.24, 2.45) is 0 Å². The van der Waals surface area contributed by atoms with Crippen molar-refractivity contribution < 1.29 is 29.5 Å². The van der Waals surface area contributed by atoms with Crippen molar-refractivity contribution >= 4 is 29.1 Å². The molecule has 0 aliphatic carbocycles. The number of nitro benzene ring substituents is 1. The summed E-state index contributed by atoms with van der Waals surface area (Å²) in [5.41, 5.74) is -0.397. The van der Waals surface area contributed by atoms with Crippen LogP contribution in [0, 0.1) is 10.1 Å². The highest BCUT2D eigenvalue weighted by molar-refractivity contribution is 6.46. The molecule has 2 N–H and O–H groups in total. The second-order valence-corrected chi connectivity index (χ2v) is 6.32. The molecule has 2 aromatic rings. The Balaban J connectivity index is 2.24. The summed E-state index contributed by atoms with van der Waals surface area (Å²) in [7, 11) is 0. The van der Waals surface area contributed by atoms with E-state index < -0.39 is 40.8 Å². The smallest absolute Gasteiger partial charge is 0.305 e. The Labute approximate surface area is 164 Å². The summed E-state index contributed by atoms with van der Waals surface area (Å²) in [6, 6.07) is 12.2. The molecule has 148 valence electrons. The van der Waals surface area contributed by atoms with Crippen LogP contribution < -0.4 is 0 Å². The number of ketones is 1. The molecule has 1 heterocycles. The van der Waals surface area contributed by atoms with Crippen LogP contribution in [0.25, 0.3) is 5.76 Å². The van der Waals surface area contributed by atoms with Gasteiger partial charge in [-0.1, -0.05) is 42.5 Å². The predicted octanol–water partition coefficient (Wildman–Crippen LogP) is 2.49. The summed E-state index contributed by atoms with van der Waals surface area (Å²) in [6.07, 6.45) is -0.463. The molecule has 9 nitrogen and oxygen atoms in total. The zero-order valence-electron chi connectivity index (χ0n) is 15.0. The molecule has 1 atom stereocenters. The largest absolute Gasteiger partial charge is 0.507 e. The Morgan fingerprint density at radius 2 is 1.66 bits per heavy atom. The van der Waals surface area contributed by atoms with Gasteiger partial charge in [-0.3, -0.25) is 24.5 Å². The number of nitro groups is 1. The van der Waals surface area contributed by atoms with E-state index in [0.29, 0.717) is 0 Å². The Kier molecular flexibility index (Phi) is 5.40. The van der Waals surface area contributed by atoms with Gasteiger partial charge in [-0.15, -0.1) is 0 Å². The van der Waals surface area contributed by atoms with Crippen molar-refractivity contribution in [1.29, 1.82) is 0 Å². The molecule has 9 heteroatoms. The van der Waals surface area contributed by atoms with Crippen molar-refractivity contribution in [3.05, 3.63) is 81.4 Å². The molecule has 1 aliphatic heterocycles. The van der Waals surface area contributed by atoms with Gasteiger partial charge in [0.05, 0.1) is 28.5 Å². The molecule has 29 heavy (non-hydrogen) atoms. The molecular weight excluding hydrogens is 380 g/mol. The first kappa shape index (κ1) is 19.7. The van der Waals surface area contributed by atoms with E-state index in [1.165, 1.54) is 36.4 Å². The molecule has 0 unspecified atom stereocenters. The van der Waals surface area contributed by atoms with Gasteiger partial charge in [-0.05, 0) is 6.07 Å². The number of hydrogen-bond donors (Lipinski definition) is 2. The third-order valence-electron chi connectivity index (χ3n) is 4.58. The fourth-order valence-electron chi connectivity index (χ4n) is 3.29. The molecule has 3 rings (SSSR count). The van der Waals surface area contributed by atoms with E-state index in [-0.39, 0.29) is 28.9 Å². The molecule has 0 spiro atoms. The first-order valence-electron chi connectivity index (χ1n) is 8.62. The molecule has 1 amide bonds. The standard InChI is InChI=1S/C20H16N2O7/c23-15(24)10-11-21-17(13-8-4-5-9-14(13)22(28)29)16(19(26)20(21)27)18(25)12-6-2-1-3-7-12/h1-9,17,25H,10-11H2,(H,23,24)/b18-16-/t17-/m1/s1. The molecule has 1 saturated heterocycles. The minimum atomic E-state index is -1.28. The van der Waals surface area contributed by atoms with Gasteiger partial charge in [-0.2, -0.15) is 0 Å². The highest BCUT2D eigenvalue weighted by atomic mass is 16.6. The van der Waals surface area contributed by atoms with Crippen LogP contribution in [0.2, 0.25) is 0 Å². The summed E-state index contributed by atoms with van der Waals surface area (Å²) in [5.74, 6) is -3.73. The van der Waals surface area contributed by atoms with Gasteiger partial charge in [0, 0.05) is 18.2 Å². The summed E-state index contributed by atoms with van der Waals surface area (Å²) in [6.45, 7) is -0.345. The summed E-state index contributed by atoms with van der Waals surface area (Å²) in [4.78, 5) is 48.1. The molecule has 0 aromatic heterocycles. The summed E-state index contributed by atoms with van der Waals surface area (Å²) in [5, 5.41) is 31.3. The van der Waals surface area contributed by atoms with Crippen molar-refractivity contribution in [3.8, 4) is 0 Å². The van der Waals surface area contributed by atoms with E-state index >= 15 is 0 Å². The number of hydrogen-bond acceptors (Lipinski definition) is 6. The molecular formula is C20H16N2O7. The van der Waals surface area contributed by atoms with E-state index in [2.05, 4.69) is 0 Å². The fraction of sp³-hybridized carbons (Fsp3) is 0.150. The van der Waals surface area contributed by atoms with Crippen LogP contribution in [-0.2, 0) is 14.4 Å². The Morgan fingerprint density at radius 3 is 2.28 bits per heavy atom. The van der Waals surface area contributed by atoms with Gasteiger partial charge in [0.15, 0.2) is 0 Å². The average Bonchev–Trinajstić information content (AvgIpc) is 2.96. The maximum Gasteiger partial charge on any atom is 0.305 e. The van der Waals surface area contributed by atoms with Crippen LogP contribution in [-0.4, -0.2) is 44.2 Å². The number of rotatable bonds is 6. The number of likely N-dealkylation sites (tertiary alicyclic amines) is 1. The number of para-hydroxylation sites is 1. The highest BCUT2D eigenvalue weighted by Crippen LogP contribution is 2.42. The lowest BCUT2D eigenvalue weighted by molar-refractivity contribution is -0.385. The first-order chi connectivity index (χ1) is 13.8. The molecule has 2 aromatic carbocycles. The minimum absolute atomic E-state index is 0.0135. The van der Waals surface area contributed by atoms with Crippen molar-refractivity contribution in [1.82, 2.24) is 4.90 Å². The van der Waals surface area contributed by atoms with Gasteiger partial charge in [0.2, 0.25) is 0 Å². The number of Topliss-reactive ketones (excluding diaryl/α,β-unsaturated/α-hetero) is 1. The zero-order chi connectivity index (χ0) is 21.1. The fourth-order valence-corrected chi connectivity index (χ4v) is 3.29. The van der Waals surface area contributed by atoms with Gasteiger partial charge in [0.1, 0.15) is 5.76 Å². The van der Waals surface area contributed by atoms with Gasteiger partial charge < -0.3 is 15.1 Å². The van der Waals surface area contributed by atoms with Crippen molar-refractivity contribution in [2.45, 2.75) is 12.5 Å². The van der Waals surface area contributed by atoms with E-state index in [1.807, 2.05) is 0 Å². The van der Waals surface area contributed by atoms with Crippen LogP contribution in [0.3, 0.4) is 0 Å². The number of carboxylic acids is 1. The van der Waals surface area contributed by atoms with Gasteiger partial charge in [0.25, 0.3) is 17.4 Å². The number of amides is 1. The predicted molar refractivity (Wildman–Crippen MR) is 101 cm³/mol. The van der Waals surface area contributed by atoms with E-state index in [1.54, 1.807) is 18.2 Å². The SMILES string of the molecule is O=C(O)CCN1C(=O)C(=O)/C(=C(\O)c2ccccc2)[C@H]1c1ccccc1[N+](=O)[O-]. The maximum absolute atomic E-state index is 12.7. The first-order valence-corrected chi connectivity index (χ1v) is 8.62. The Bertz CT molecular complexity index is 1030. The van der Waals surface area contributed by atoms with E-state index in [4.69, 9.17) is 5.11 Å². The van der Waals surface area contributed by atoms with Crippen LogP contribution in [0.1, 0.15) is 23.6 Å². The van der Waals surface area contributed by atoms with Crippen LogP contribution in [0.4, 0.5) is 5.69 Å². The van der Waals surface area contributed by atoms with Crippen LogP contribution in [0.5, 0.6) is 0 Å². The number of nitrogens with zero attached hydrogens (tertiary/aromatic N) is 2. The second kappa shape index (κ2) is 7.93. The van der Waals surface area contributed by atoms with Gasteiger partial charge in [-0.25, -0.2) is 0 Å². The molecule has 1 fully saturated rings. The lowest BCUT2D eigenvalue weighted by Crippen LogP contribution is -2.32. The molecule has 0 radical (unpaired) electrons. The van der Waals surface area contributed by atoms with E-state index in [9.17, 15) is 29.6 Å². The Morgan fingerprint density at radius 1 is 1.03 bits per heavy atom. The maximum atomic E-state index is 12.7. The lowest BCUT2D eigenvalue weighted by Gasteiger charge is -2.24. The van der Waals surface area contributed by atoms with Gasteiger partial charge >= 0.3 is 5.97 Å². The number of carboxylic acid groups (broad SMARTS) is 1. The number of carbonyl (C=O) groups is 3. The zero-order valence-corrected chi connectivity index (χ0v) is 15.0. The highest BCUT2D eigenvalue weighted by Gasteiger charge is 2.48. The number of aliphatic carboxylic acids is 1. The third kappa shape index (κ3) is 3.70. The monoisotopic (exact) mass is 396 g/mol. The van der Waals surface area contributed by atoms with Crippen molar-refractivity contribution in [2.75, 3.05) is 6.54 Å². The molecule has 0 saturated carbocycles. The average molecular weight is 396 g/mol. The normalized spacial score (nSPS) is 18.1. The third-order valence-corrected chi connectivity index (χ3v) is 4.58. The number of benzene rings is 2. The minimum Gasteiger partial charge on any atom is -0.507 e. The second-order valence-electron chi connectivity index (χ2n) is 6.32. The topological polar surface area (TPSA) is 138 Å². The molecule has 1 aliphatic rings. The van der Waals surface area contributed by atoms with Crippen LogP contribution >= 0.6 is 0 Å². The Hall–Kier alpha value is -4.01. The van der Waals surface area contributed by atoms with E-state index in [0.717, 1.165) is 4.90 Å². The molecule has 0 bridgehead atoms. The lowest BCUT2D eigenvalue weighted by atomic mass is 9.94. The summed E-state index contributed by atoms with van der Waals surface area (Å²) < 4.78 is 0. The number of aliphatic hydroxyl groups excluding tert-OH is 1. The van der Waals surface area contributed by atoms with Crippen LogP contribution in [0.15, 0.2) is 60.2 Å². The number of aliphatic hydroxyl groups is 1. The number of carbonyl (C=O) groups excluding carboxylic acids is 2. The van der Waals surface area contributed by atoms with Crippen molar-refractivity contribution in [3.63, 3.8) is 0 Å². The summed E-state index contributed by atoms with van der Waals surface area (Å²) >= 11 is 0.